The first kappa shape index (κ1) is 19.0. The van der Waals surface area contributed by atoms with Crippen LogP contribution < -0.4 is 0 Å². The van der Waals surface area contributed by atoms with Crippen molar-refractivity contribution >= 4 is 28.9 Å². The molecule has 27 heavy (non-hydrogen) atoms. The van der Waals surface area contributed by atoms with Gasteiger partial charge in [-0.1, -0.05) is 0 Å². The summed E-state index contributed by atoms with van der Waals surface area (Å²) in [6.07, 6.45) is 2.48. The number of hydrogen-bond acceptors (Lipinski definition) is 6. The molecule has 8 nitrogen and oxygen atoms in total. The minimum absolute atomic E-state index is 0.00678. The lowest BCUT2D eigenvalue weighted by Crippen LogP contribution is -2.40. The molecule has 3 rings (SSSR count). The van der Waals surface area contributed by atoms with Gasteiger partial charge in [-0.25, -0.2) is 4.98 Å². The number of hydrogen-bond donors (Lipinski definition) is 1. The highest BCUT2D eigenvalue weighted by Crippen LogP contribution is 2.27. The Morgan fingerprint density at radius 1 is 1.33 bits per heavy atom. The summed E-state index contributed by atoms with van der Waals surface area (Å²) in [7, 11) is 0. The molecule has 9 heteroatoms. The monoisotopic (exact) mass is 389 g/mol. The van der Waals surface area contributed by atoms with E-state index >= 15 is 0 Å². The van der Waals surface area contributed by atoms with E-state index in [1.807, 2.05) is 0 Å². The van der Waals surface area contributed by atoms with Crippen LogP contribution in [0.1, 0.15) is 36.2 Å². The molecular formula is C18H19N3O5S. The first-order valence-electron chi connectivity index (χ1n) is 8.65. The van der Waals surface area contributed by atoms with Gasteiger partial charge in [-0.15, -0.1) is 11.3 Å². The molecule has 1 aliphatic rings. The van der Waals surface area contributed by atoms with Gasteiger partial charge in [0.05, 0.1) is 4.92 Å². The van der Waals surface area contributed by atoms with Gasteiger partial charge >= 0.3 is 5.97 Å². The Bertz CT molecular complexity index is 849. The molecule has 1 fully saturated rings. The molecule has 1 atom stereocenters. The highest BCUT2D eigenvalue weighted by Gasteiger charge is 2.26. The molecule has 1 aromatic carbocycles. The average Bonchev–Trinajstić information content (AvgIpc) is 3.16. The van der Waals surface area contributed by atoms with Crippen molar-refractivity contribution in [2.45, 2.75) is 25.7 Å². The summed E-state index contributed by atoms with van der Waals surface area (Å²) in [6, 6.07) is 6.06. The predicted molar refractivity (Wildman–Crippen MR) is 99.7 cm³/mol. The maximum absolute atomic E-state index is 12.7. The number of nitro groups is 1. The smallest absolute Gasteiger partial charge is 0.303 e. The number of aromatic nitrogens is 1. The van der Waals surface area contributed by atoms with Crippen LogP contribution in [-0.4, -0.2) is 44.9 Å². The maximum Gasteiger partial charge on any atom is 0.303 e. The molecule has 1 saturated heterocycles. The number of piperidine rings is 1. The predicted octanol–water partition coefficient (Wildman–Crippen LogP) is 3.44. The van der Waals surface area contributed by atoms with E-state index in [2.05, 4.69) is 4.98 Å². The number of carboxylic acids is 1. The summed E-state index contributed by atoms with van der Waals surface area (Å²) < 4.78 is 0. The number of carboxylic acid groups (broad SMARTS) is 1. The van der Waals surface area contributed by atoms with Gasteiger partial charge in [0.25, 0.3) is 11.6 Å². The van der Waals surface area contributed by atoms with Gasteiger partial charge in [-0.2, -0.15) is 0 Å². The third-order valence-electron chi connectivity index (χ3n) is 4.62. The van der Waals surface area contributed by atoms with Crippen LogP contribution in [0.3, 0.4) is 0 Å². The lowest BCUT2D eigenvalue weighted by molar-refractivity contribution is -0.384. The quantitative estimate of drug-likeness (QED) is 0.598. The molecule has 1 N–H and O–H groups in total. The van der Waals surface area contributed by atoms with Gasteiger partial charge in [0.1, 0.15) is 10.7 Å². The van der Waals surface area contributed by atoms with Gasteiger partial charge in [-0.05, 0) is 37.3 Å². The Labute approximate surface area is 159 Å². The highest BCUT2D eigenvalue weighted by atomic mass is 32.1. The van der Waals surface area contributed by atoms with Crippen LogP contribution in [0.15, 0.2) is 29.6 Å². The summed E-state index contributed by atoms with van der Waals surface area (Å²) in [5.74, 6) is -0.767. The fourth-order valence-electron chi connectivity index (χ4n) is 3.21. The minimum Gasteiger partial charge on any atom is -0.481 e. The number of carbonyl (C=O) groups excluding carboxylic acids is 1. The Balaban J connectivity index is 1.67. The number of non-ortho nitro benzene ring substituents is 1. The molecule has 0 saturated carbocycles. The zero-order valence-electron chi connectivity index (χ0n) is 14.5. The third kappa shape index (κ3) is 4.68. The van der Waals surface area contributed by atoms with Gasteiger partial charge in [0.2, 0.25) is 0 Å². The van der Waals surface area contributed by atoms with Crippen molar-refractivity contribution < 1.29 is 19.6 Å². The summed E-state index contributed by atoms with van der Waals surface area (Å²) in [5.41, 5.74) is 1.09. The molecule has 142 valence electrons. The highest BCUT2D eigenvalue weighted by molar-refractivity contribution is 7.13. The molecule has 2 heterocycles. The van der Waals surface area contributed by atoms with Gasteiger partial charge in [0, 0.05) is 42.6 Å². The summed E-state index contributed by atoms with van der Waals surface area (Å²) in [6.45, 7) is 1.20. The molecule has 2 aromatic rings. The standard InChI is InChI=1S/C18H19N3O5S/c22-16(23)8-3-12-2-1-9-20(10-12)18(24)15-11-27-17(19-15)13-4-6-14(7-5-13)21(25)26/h4-7,11-12H,1-3,8-10H2,(H,22,23). The SMILES string of the molecule is O=C(O)CCC1CCCN(C(=O)c2csc(-c3ccc([N+](=O)[O-])cc3)n2)C1. The second-order valence-corrected chi connectivity index (χ2v) is 7.39. The molecule has 1 unspecified atom stereocenters. The first-order valence-corrected chi connectivity index (χ1v) is 9.53. The lowest BCUT2D eigenvalue weighted by atomic mass is 9.93. The number of carbonyl (C=O) groups is 2. The number of amides is 1. The van der Waals surface area contributed by atoms with Crippen molar-refractivity contribution in [3.8, 4) is 10.6 Å². The fraction of sp³-hybridized carbons (Fsp3) is 0.389. The van der Waals surface area contributed by atoms with Crippen LogP contribution in [0.4, 0.5) is 5.69 Å². The van der Waals surface area contributed by atoms with Crippen molar-refractivity contribution in [2.24, 2.45) is 5.92 Å². The second-order valence-electron chi connectivity index (χ2n) is 6.53. The number of nitrogens with zero attached hydrogens (tertiary/aromatic N) is 3. The van der Waals surface area contributed by atoms with Gasteiger partial charge in [0.15, 0.2) is 0 Å². The van der Waals surface area contributed by atoms with Crippen molar-refractivity contribution in [3.05, 3.63) is 45.5 Å². The molecular weight excluding hydrogens is 370 g/mol. The fourth-order valence-corrected chi connectivity index (χ4v) is 4.01. The summed E-state index contributed by atoms with van der Waals surface area (Å²) in [5, 5.41) is 21.9. The Morgan fingerprint density at radius 3 is 2.74 bits per heavy atom. The van der Waals surface area contributed by atoms with Gasteiger partial charge < -0.3 is 10.0 Å². The Kier molecular flexibility index (Phi) is 5.80. The van der Waals surface area contributed by atoms with Crippen LogP contribution in [0.2, 0.25) is 0 Å². The topological polar surface area (TPSA) is 114 Å². The Hall–Kier alpha value is -2.81. The van der Waals surface area contributed by atoms with Gasteiger partial charge in [-0.3, -0.25) is 19.7 Å². The Morgan fingerprint density at radius 2 is 2.07 bits per heavy atom. The minimum atomic E-state index is -0.814. The third-order valence-corrected chi connectivity index (χ3v) is 5.51. The summed E-state index contributed by atoms with van der Waals surface area (Å²) in [4.78, 5) is 39.9. The van der Waals surface area contributed by atoms with Crippen molar-refractivity contribution in [2.75, 3.05) is 13.1 Å². The number of likely N-dealkylation sites (tertiary alicyclic amines) is 1. The normalized spacial score (nSPS) is 16.9. The van der Waals surface area contributed by atoms with E-state index in [4.69, 9.17) is 5.11 Å². The van der Waals surface area contributed by atoms with E-state index < -0.39 is 10.9 Å². The van der Waals surface area contributed by atoms with E-state index in [1.165, 1.54) is 23.5 Å². The number of thiazole rings is 1. The van der Waals surface area contributed by atoms with E-state index in [1.54, 1.807) is 22.4 Å². The maximum atomic E-state index is 12.7. The lowest BCUT2D eigenvalue weighted by Gasteiger charge is -2.32. The number of benzene rings is 1. The number of rotatable bonds is 6. The zero-order chi connectivity index (χ0) is 19.4. The average molecular weight is 389 g/mol. The second kappa shape index (κ2) is 8.26. The van der Waals surface area contributed by atoms with Crippen LogP contribution >= 0.6 is 11.3 Å². The molecule has 0 bridgehead atoms. The van der Waals surface area contributed by atoms with Crippen LogP contribution in [0.25, 0.3) is 10.6 Å². The van der Waals surface area contributed by atoms with E-state index in [-0.39, 0.29) is 23.9 Å². The molecule has 0 spiro atoms. The van der Waals surface area contributed by atoms with Crippen molar-refractivity contribution in [3.63, 3.8) is 0 Å². The molecule has 1 amide bonds. The van der Waals surface area contributed by atoms with Crippen LogP contribution in [0, 0.1) is 16.0 Å². The van der Waals surface area contributed by atoms with Crippen LogP contribution in [0.5, 0.6) is 0 Å². The van der Waals surface area contributed by atoms with Crippen molar-refractivity contribution in [1.82, 2.24) is 9.88 Å². The van der Waals surface area contributed by atoms with Crippen LogP contribution in [-0.2, 0) is 4.79 Å². The summed E-state index contributed by atoms with van der Waals surface area (Å²) >= 11 is 1.32. The van der Waals surface area contributed by atoms with E-state index in [0.717, 1.165) is 18.4 Å². The number of nitro benzene ring substituents is 1. The zero-order valence-corrected chi connectivity index (χ0v) is 15.4. The van der Waals surface area contributed by atoms with Crippen molar-refractivity contribution in [1.29, 1.82) is 0 Å². The first-order chi connectivity index (χ1) is 12.9. The number of aliphatic carboxylic acids is 1. The molecule has 0 aliphatic carbocycles. The van der Waals surface area contributed by atoms with E-state index in [9.17, 15) is 19.7 Å². The van der Waals surface area contributed by atoms with E-state index in [0.29, 0.717) is 30.2 Å². The molecule has 0 radical (unpaired) electrons. The largest absolute Gasteiger partial charge is 0.481 e. The molecule has 1 aromatic heterocycles. The molecule has 1 aliphatic heterocycles.